The summed E-state index contributed by atoms with van der Waals surface area (Å²) in [5.41, 5.74) is 6.61. The first-order valence-corrected chi connectivity index (χ1v) is 5.60. The molecular formula is C11H19N3O3. The first-order chi connectivity index (χ1) is 8.12. The number of rotatable bonds is 6. The Morgan fingerprint density at radius 3 is 2.71 bits per heavy atom. The Bertz CT molecular complexity index is 372. The van der Waals surface area contributed by atoms with Gasteiger partial charge in [-0.05, 0) is 12.5 Å². The van der Waals surface area contributed by atoms with Crippen molar-refractivity contribution in [3.8, 4) is 0 Å². The van der Waals surface area contributed by atoms with E-state index in [0.29, 0.717) is 17.9 Å². The molecule has 6 heteroatoms. The van der Waals surface area contributed by atoms with Crippen LogP contribution in [0.5, 0.6) is 0 Å². The zero-order valence-corrected chi connectivity index (χ0v) is 9.89. The second-order valence-corrected chi connectivity index (χ2v) is 3.89. The van der Waals surface area contributed by atoms with E-state index in [1.54, 1.807) is 16.8 Å². The van der Waals surface area contributed by atoms with Crippen molar-refractivity contribution in [3.05, 3.63) is 18.0 Å². The smallest absolute Gasteiger partial charge is 0.268 e. The number of hydrogen-bond acceptors (Lipinski definition) is 4. The van der Waals surface area contributed by atoms with E-state index < -0.39 is 6.04 Å². The Hall–Kier alpha value is -1.53. The maximum absolute atomic E-state index is 11.9. The highest BCUT2D eigenvalue weighted by Crippen LogP contribution is 2.11. The quantitative estimate of drug-likeness (QED) is 0.542. The van der Waals surface area contributed by atoms with Crippen LogP contribution in [0.15, 0.2) is 12.3 Å². The van der Waals surface area contributed by atoms with Crippen LogP contribution in [0.4, 0.5) is 5.69 Å². The zero-order chi connectivity index (χ0) is 12.8. The summed E-state index contributed by atoms with van der Waals surface area (Å²) in [7, 11) is 0. The van der Waals surface area contributed by atoms with Crippen molar-refractivity contribution in [2.45, 2.75) is 25.9 Å². The average Bonchev–Trinajstić information content (AvgIpc) is 2.67. The molecule has 96 valence electrons. The summed E-state index contributed by atoms with van der Waals surface area (Å²) < 4.78 is 1.76. The van der Waals surface area contributed by atoms with Crippen molar-refractivity contribution in [2.24, 2.45) is 0 Å². The lowest BCUT2D eigenvalue weighted by molar-refractivity contribution is 0.0870. The van der Waals surface area contributed by atoms with E-state index in [1.165, 1.54) is 0 Å². The molecule has 5 N–H and O–H groups in total. The van der Waals surface area contributed by atoms with E-state index in [4.69, 9.17) is 15.9 Å². The SMILES string of the molecule is CCCn1cc(N)cc1C(=O)NC(CO)CO. The van der Waals surface area contributed by atoms with E-state index in [9.17, 15) is 4.79 Å². The number of amides is 1. The topological polar surface area (TPSA) is 101 Å². The van der Waals surface area contributed by atoms with Gasteiger partial charge in [0.05, 0.1) is 24.9 Å². The van der Waals surface area contributed by atoms with Gasteiger partial charge >= 0.3 is 0 Å². The van der Waals surface area contributed by atoms with Gasteiger partial charge in [-0.3, -0.25) is 4.79 Å². The van der Waals surface area contributed by atoms with Crippen LogP contribution in [0.2, 0.25) is 0 Å². The van der Waals surface area contributed by atoms with Crippen molar-refractivity contribution in [1.29, 1.82) is 0 Å². The molecule has 0 aliphatic rings. The predicted molar refractivity (Wildman–Crippen MR) is 64.6 cm³/mol. The molecule has 0 aromatic carbocycles. The third-order valence-electron chi connectivity index (χ3n) is 2.39. The fourth-order valence-corrected chi connectivity index (χ4v) is 1.56. The maximum atomic E-state index is 11.9. The second-order valence-electron chi connectivity index (χ2n) is 3.89. The zero-order valence-electron chi connectivity index (χ0n) is 9.89. The van der Waals surface area contributed by atoms with Crippen molar-refractivity contribution < 1.29 is 15.0 Å². The number of aryl methyl sites for hydroxylation is 1. The summed E-state index contributed by atoms with van der Waals surface area (Å²) in [5, 5.41) is 20.3. The molecule has 1 aromatic rings. The van der Waals surface area contributed by atoms with E-state index in [2.05, 4.69) is 5.32 Å². The molecule has 0 fully saturated rings. The molecular weight excluding hydrogens is 222 g/mol. The van der Waals surface area contributed by atoms with Crippen LogP contribution >= 0.6 is 0 Å². The van der Waals surface area contributed by atoms with Gasteiger partial charge < -0.3 is 25.8 Å². The summed E-state index contributed by atoms with van der Waals surface area (Å²) in [6, 6.07) is 0.935. The molecule has 0 radical (unpaired) electrons. The van der Waals surface area contributed by atoms with Gasteiger partial charge in [-0.1, -0.05) is 6.92 Å². The van der Waals surface area contributed by atoms with Crippen molar-refractivity contribution in [1.82, 2.24) is 9.88 Å². The lowest BCUT2D eigenvalue weighted by atomic mass is 10.3. The normalized spacial score (nSPS) is 10.8. The molecule has 0 unspecified atom stereocenters. The van der Waals surface area contributed by atoms with Gasteiger partial charge in [0, 0.05) is 12.7 Å². The fourth-order valence-electron chi connectivity index (χ4n) is 1.56. The van der Waals surface area contributed by atoms with E-state index in [0.717, 1.165) is 6.42 Å². The van der Waals surface area contributed by atoms with E-state index >= 15 is 0 Å². The van der Waals surface area contributed by atoms with E-state index in [1.807, 2.05) is 6.92 Å². The van der Waals surface area contributed by atoms with Crippen molar-refractivity contribution in [3.63, 3.8) is 0 Å². The molecule has 0 saturated heterocycles. The molecule has 0 bridgehead atoms. The summed E-state index contributed by atoms with van der Waals surface area (Å²) in [6.07, 6.45) is 2.59. The number of aliphatic hydroxyl groups excluding tert-OH is 2. The molecule has 1 rings (SSSR count). The predicted octanol–water partition coefficient (Wildman–Crippen LogP) is -0.437. The number of nitrogens with one attached hydrogen (secondary N) is 1. The molecule has 0 saturated carbocycles. The number of nitrogen functional groups attached to an aromatic ring is 1. The van der Waals surface area contributed by atoms with Gasteiger partial charge in [0.15, 0.2) is 0 Å². The first-order valence-electron chi connectivity index (χ1n) is 5.60. The van der Waals surface area contributed by atoms with E-state index in [-0.39, 0.29) is 19.1 Å². The Labute approximate surface area is 100 Å². The number of carbonyl (C=O) groups excluding carboxylic acids is 1. The van der Waals surface area contributed by atoms with Crippen LogP contribution < -0.4 is 11.1 Å². The molecule has 6 nitrogen and oxygen atoms in total. The summed E-state index contributed by atoms with van der Waals surface area (Å²) in [6.45, 7) is 2.10. The van der Waals surface area contributed by atoms with Crippen LogP contribution in [-0.4, -0.2) is 39.9 Å². The molecule has 1 heterocycles. The summed E-state index contributed by atoms with van der Waals surface area (Å²) >= 11 is 0. The standard InChI is InChI=1S/C11H19N3O3/c1-2-3-14-5-8(12)4-10(14)11(17)13-9(6-15)7-16/h4-5,9,15-16H,2-3,6-7,12H2,1H3,(H,13,17). The monoisotopic (exact) mass is 241 g/mol. The molecule has 0 aliphatic heterocycles. The number of aliphatic hydroxyl groups is 2. The highest BCUT2D eigenvalue weighted by atomic mass is 16.3. The van der Waals surface area contributed by atoms with Crippen LogP contribution in [0, 0.1) is 0 Å². The molecule has 1 aromatic heterocycles. The van der Waals surface area contributed by atoms with Crippen LogP contribution in [-0.2, 0) is 6.54 Å². The number of nitrogens with zero attached hydrogens (tertiary/aromatic N) is 1. The number of nitrogens with two attached hydrogens (primary N) is 1. The Balaban J connectivity index is 2.80. The Morgan fingerprint density at radius 1 is 1.53 bits per heavy atom. The Kier molecular flexibility index (Phi) is 4.99. The van der Waals surface area contributed by atoms with Gasteiger partial charge in [0.25, 0.3) is 5.91 Å². The van der Waals surface area contributed by atoms with Gasteiger partial charge in [-0.15, -0.1) is 0 Å². The molecule has 17 heavy (non-hydrogen) atoms. The molecule has 0 atom stereocenters. The van der Waals surface area contributed by atoms with Gasteiger partial charge in [-0.2, -0.15) is 0 Å². The molecule has 0 aliphatic carbocycles. The lowest BCUT2D eigenvalue weighted by Crippen LogP contribution is -2.40. The van der Waals surface area contributed by atoms with Crippen molar-refractivity contribution in [2.75, 3.05) is 18.9 Å². The largest absolute Gasteiger partial charge is 0.397 e. The van der Waals surface area contributed by atoms with Crippen LogP contribution in [0.3, 0.4) is 0 Å². The highest BCUT2D eigenvalue weighted by molar-refractivity contribution is 5.94. The minimum absolute atomic E-state index is 0.299. The summed E-state index contributed by atoms with van der Waals surface area (Å²) in [4.78, 5) is 11.9. The number of hydrogen-bond donors (Lipinski definition) is 4. The second kappa shape index (κ2) is 6.27. The van der Waals surface area contributed by atoms with Crippen molar-refractivity contribution >= 4 is 11.6 Å². The van der Waals surface area contributed by atoms with Gasteiger partial charge in [0.2, 0.25) is 0 Å². The average molecular weight is 241 g/mol. The number of carbonyl (C=O) groups is 1. The third kappa shape index (κ3) is 3.47. The van der Waals surface area contributed by atoms with Crippen LogP contribution in [0.1, 0.15) is 23.8 Å². The third-order valence-corrected chi connectivity index (χ3v) is 2.39. The molecule has 0 spiro atoms. The first kappa shape index (κ1) is 13.5. The van der Waals surface area contributed by atoms with Gasteiger partial charge in [0.1, 0.15) is 5.69 Å². The highest BCUT2D eigenvalue weighted by Gasteiger charge is 2.16. The summed E-state index contributed by atoms with van der Waals surface area (Å²) in [5.74, 6) is -0.344. The van der Waals surface area contributed by atoms with Crippen LogP contribution in [0.25, 0.3) is 0 Å². The van der Waals surface area contributed by atoms with Gasteiger partial charge in [-0.25, -0.2) is 0 Å². The minimum atomic E-state index is -0.645. The number of anilines is 1. The Morgan fingerprint density at radius 2 is 2.18 bits per heavy atom. The number of aromatic nitrogens is 1. The fraction of sp³-hybridized carbons (Fsp3) is 0.545. The maximum Gasteiger partial charge on any atom is 0.268 e. The lowest BCUT2D eigenvalue weighted by Gasteiger charge is -2.14. The minimum Gasteiger partial charge on any atom is -0.397 e. The molecule has 1 amide bonds.